The molecule has 29 heavy (non-hydrogen) atoms. The number of carboxylic acid groups (broad SMARTS) is 1. The van der Waals surface area contributed by atoms with E-state index in [2.05, 4.69) is 20.3 Å². The number of nitrogens with zero attached hydrogens (tertiary/aromatic N) is 4. The number of nitrogens with one attached hydrogen (secondary N) is 2. The lowest BCUT2D eigenvalue weighted by Crippen LogP contribution is -2.35. The lowest BCUT2D eigenvalue weighted by molar-refractivity contribution is 0.197. The number of carbonyl (C=O) groups is 2. The zero-order chi connectivity index (χ0) is 21.2. The number of fused-ring (bicyclic) bond motifs is 1. The number of anilines is 1. The molecule has 2 heterocycles. The second kappa shape index (κ2) is 7.59. The van der Waals surface area contributed by atoms with Crippen LogP contribution in [0.3, 0.4) is 0 Å². The van der Waals surface area contributed by atoms with Crippen molar-refractivity contribution in [3.63, 3.8) is 0 Å². The molecule has 0 spiro atoms. The molecule has 0 unspecified atom stereocenters. The van der Waals surface area contributed by atoms with Crippen molar-refractivity contribution in [2.75, 3.05) is 19.5 Å². The molecular weight excluding hydrogens is 408 g/mol. The topological polar surface area (TPSA) is 175 Å². The first-order chi connectivity index (χ1) is 13.7. The minimum atomic E-state index is -4.43. The molecule has 3 aromatic rings. The van der Waals surface area contributed by atoms with Crippen molar-refractivity contribution in [2.24, 2.45) is 0 Å². The Kier molecular flexibility index (Phi) is 5.18. The molecule has 2 aromatic heterocycles. The first-order valence-electron chi connectivity index (χ1n) is 7.76. The van der Waals surface area contributed by atoms with Gasteiger partial charge in [-0.25, -0.2) is 22.7 Å². The Morgan fingerprint density at radius 2 is 1.69 bits per heavy atom. The molecule has 0 aliphatic heterocycles. The SMILES string of the molecule is COc1nc(NC(=O)NS(=O)(=O)c2cn(C(=O)O)c3ccccc23)nc(OC)n1. The van der Waals surface area contributed by atoms with Crippen LogP contribution >= 0.6 is 0 Å². The second-order valence-corrected chi connectivity index (χ2v) is 7.01. The molecule has 0 saturated heterocycles. The van der Waals surface area contributed by atoms with E-state index in [0.717, 1.165) is 10.8 Å². The van der Waals surface area contributed by atoms with Crippen molar-refractivity contribution in [3.05, 3.63) is 30.5 Å². The van der Waals surface area contributed by atoms with E-state index < -0.39 is 27.0 Å². The molecule has 3 N–H and O–H groups in total. The summed E-state index contributed by atoms with van der Waals surface area (Å²) < 4.78 is 37.5. The van der Waals surface area contributed by atoms with E-state index in [1.807, 2.05) is 0 Å². The number of aromatic nitrogens is 4. The van der Waals surface area contributed by atoms with Crippen LogP contribution in [-0.2, 0) is 10.0 Å². The van der Waals surface area contributed by atoms with Crippen LogP contribution in [0.4, 0.5) is 15.5 Å². The van der Waals surface area contributed by atoms with Gasteiger partial charge < -0.3 is 14.6 Å². The molecule has 0 bridgehead atoms. The van der Waals surface area contributed by atoms with Gasteiger partial charge in [0.2, 0.25) is 5.95 Å². The molecule has 13 nitrogen and oxygen atoms in total. The lowest BCUT2D eigenvalue weighted by atomic mass is 10.2. The quantitative estimate of drug-likeness (QED) is 0.535. The van der Waals surface area contributed by atoms with Gasteiger partial charge in [0.25, 0.3) is 10.0 Å². The summed E-state index contributed by atoms with van der Waals surface area (Å²) in [5.74, 6) is -0.325. The molecule has 14 heteroatoms. The molecule has 0 radical (unpaired) electrons. The fraction of sp³-hybridized carbons (Fsp3) is 0.133. The van der Waals surface area contributed by atoms with Crippen molar-refractivity contribution >= 4 is 39.0 Å². The highest BCUT2D eigenvalue weighted by atomic mass is 32.2. The Bertz CT molecular complexity index is 1180. The van der Waals surface area contributed by atoms with E-state index in [1.165, 1.54) is 32.4 Å². The first kappa shape index (κ1) is 19.8. The highest BCUT2D eigenvalue weighted by Gasteiger charge is 2.25. The lowest BCUT2D eigenvalue weighted by Gasteiger charge is -2.08. The van der Waals surface area contributed by atoms with E-state index in [4.69, 9.17) is 9.47 Å². The maximum Gasteiger partial charge on any atom is 0.416 e. The number of rotatable bonds is 5. The number of benzene rings is 1. The van der Waals surface area contributed by atoms with E-state index in [-0.39, 0.29) is 28.9 Å². The highest BCUT2D eigenvalue weighted by molar-refractivity contribution is 7.90. The van der Waals surface area contributed by atoms with Crippen LogP contribution in [0, 0.1) is 0 Å². The van der Waals surface area contributed by atoms with Gasteiger partial charge >= 0.3 is 24.1 Å². The third kappa shape index (κ3) is 4.01. The number of methoxy groups -OCH3 is 2. The van der Waals surface area contributed by atoms with E-state index in [1.54, 1.807) is 10.8 Å². The maximum absolute atomic E-state index is 12.6. The number of carbonyl (C=O) groups excluding carboxylic acids is 1. The molecule has 0 fully saturated rings. The molecule has 3 rings (SSSR count). The second-order valence-electron chi connectivity index (χ2n) is 5.36. The number of urea groups is 1. The Morgan fingerprint density at radius 3 is 2.28 bits per heavy atom. The Hall–Kier alpha value is -3.94. The van der Waals surface area contributed by atoms with Gasteiger partial charge in [-0.3, -0.25) is 9.88 Å². The van der Waals surface area contributed by atoms with Crippen LogP contribution < -0.4 is 19.5 Å². The highest BCUT2D eigenvalue weighted by Crippen LogP contribution is 2.25. The average molecular weight is 422 g/mol. The summed E-state index contributed by atoms with van der Waals surface area (Å²) in [5.41, 5.74) is 0.146. The number of sulfonamides is 1. The summed E-state index contributed by atoms with van der Waals surface area (Å²) in [4.78, 5) is 34.4. The van der Waals surface area contributed by atoms with Crippen LogP contribution in [0.2, 0.25) is 0 Å². The Morgan fingerprint density at radius 1 is 1.07 bits per heavy atom. The molecule has 152 valence electrons. The summed E-state index contributed by atoms with van der Waals surface area (Å²) >= 11 is 0. The summed E-state index contributed by atoms with van der Waals surface area (Å²) in [7, 11) is -1.87. The van der Waals surface area contributed by atoms with Gasteiger partial charge in [-0.15, -0.1) is 4.98 Å². The zero-order valence-corrected chi connectivity index (χ0v) is 15.8. The summed E-state index contributed by atoms with van der Waals surface area (Å²) in [6, 6.07) is 4.43. The largest absolute Gasteiger partial charge is 0.467 e. The van der Waals surface area contributed by atoms with Crippen LogP contribution in [-0.4, -0.2) is 59.4 Å². The molecule has 0 saturated carbocycles. The minimum absolute atomic E-state index is 0.124. The average Bonchev–Trinajstić information content (AvgIpc) is 3.08. The van der Waals surface area contributed by atoms with Crippen molar-refractivity contribution in [3.8, 4) is 12.0 Å². The zero-order valence-electron chi connectivity index (χ0n) is 15.0. The van der Waals surface area contributed by atoms with E-state index in [0.29, 0.717) is 0 Å². The predicted molar refractivity (Wildman–Crippen MR) is 97.6 cm³/mol. The van der Waals surface area contributed by atoms with Crippen LogP contribution in [0.5, 0.6) is 12.0 Å². The van der Waals surface area contributed by atoms with Gasteiger partial charge in [-0.2, -0.15) is 9.97 Å². The molecule has 1 aromatic carbocycles. The number of para-hydroxylation sites is 1. The van der Waals surface area contributed by atoms with Crippen LogP contribution in [0.15, 0.2) is 35.4 Å². The van der Waals surface area contributed by atoms with Crippen molar-refractivity contribution in [1.82, 2.24) is 24.2 Å². The van der Waals surface area contributed by atoms with Gasteiger partial charge in [0.05, 0.1) is 19.7 Å². The molecule has 0 aliphatic rings. The standard InChI is InChI=1S/C15H14N6O7S/c1-27-13-17-11(18-14(19-13)28-2)16-12(22)20-29(25,26)10-7-21(15(23)24)9-6-4-3-5-8(9)10/h3-7H,1-2H3,(H,23,24)(H2,16,17,18,19,20,22). The van der Waals surface area contributed by atoms with Crippen LogP contribution in [0.1, 0.15) is 0 Å². The van der Waals surface area contributed by atoms with E-state index >= 15 is 0 Å². The predicted octanol–water partition coefficient (Wildman–Crippen LogP) is 0.880. The Labute approximate surface area is 163 Å². The molecule has 0 aliphatic carbocycles. The number of hydrogen-bond donors (Lipinski definition) is 3. The fourth-order valence-corrected chi connectivity index (χ4v) is 3.51. The molecule has 0 atom stereocenters. The minimum Gasteiger partial charge on any atom is -0.467 e. The summed E-state index contributed by atoms with van der Waals surface area (Å²) in [6.45, 7) is 0. The molecule has 2 amide bonds. The Balaban J connectivity index is 1.90. The first-order valence-corrected chi connectivity index (χ1v) is 9.24. The van der Waals surface area contributed by atoms with Gasteiger partial charge in [-0.1, -0.05) is 18.2 Å². The van der Waals surface area contributed by atoms with Crippen molar-refractivity contribution in [1.29, 1.82) is 0 Å². The number of amides is 2. The van der Waals surface area contributed by atoms with Crippen LogP contribution in [0.25, 0.3) is 10.9 Å². The third-order valence-electron chi connectivity index (χ3n) is 3.58. The number of ether oxygens (including phenoxy) is 2. The normalized spacial score (nSPS) is 11.1. The van der Waals surface area contributed by atoms with Crippen molar-refractivity contribution < 1.29 is 32.6 Å². The monoisotopic (exact) mass is 422 g/mol. The fourth-order valence-electron chi connectivity index (χ4n) is 2.40. The number of hydrogen-bond acceptors (Lipinski definition) is 9. The third-order valence-corrected chi connectivity index (χ3v) is 4.94. The summed E-state index contributed by atoms with van der Waals surface area (Å²) in [5, 5.41) is 11.5. The smallest absolute Gasteiger partial charge is 0.416 e. The van der Waals surface area contributed by atoms with Gasteiger partial charge in [-0.05, 0) is 6.07 Å². The van der Waals surface area contributed by atoms with Gasteiger partial charge in [0.15, 0.2) is 0 Å². The van der Waals surface area contributed by atoms with Gasteiger partial charge in [0, 0.05) is 11.6 Å². The van der Waals surface area contributed by atoms with E-state index in [9.17, 15) is 23.1 Å². The maximum atomic E-state index is 12.6. The van der Waals surface area contributed by atoms with Gasteiger partial charge in [0.1, 0.15) is 4.90 Å². The molecular formula is C15H14N6O7S. The van der Waals surface area contributed by atoms with Crippen molar-refractivity contribution in [2.45, 2.75) is 4.90 Å². The summed E-state index contributed by atoms with van der Waals surface area (Å²) in [6.07, 6.45) is -0.478.